The summed E-state index contributed by atoms with van der Waals surface area (Å²) in [5.41, 5.74) is 0.939. The summed E-state index contributed by atoms with van der Waals surface area (Å²) in [6.45, 7) is -0.242. The summed E-state index contributed by atoms with van der Waals surface area (Å²) in [5, 5.41) is 2.68. The Morgan fingerprint density at radius 1 is 1.00 bits per heavy atom. The van der Waals surface area contributed by atoms with E-state index in [0.29, 0.717) is 17.1 Å². The fourth-order valence-electron chi connectivity index (χ4n) is 3.51. The van der Waals surface area contributed by atoms with Gasteiger partial charge in [-0.25, -0.2) is 13.2 Å². The molecule has 3 aromatic rings. The highest BCUT2D eigenvalue weighted by Crippen LogP contribution is 2.37. The number of carbonyl (C=O) groups is 2. The minimum Gasteiger partial charge on any atom is -0.497 e. The summed E-state index contributed by atoms with van der Waals surface area (Å²) in [6.07, 6.45) is -1.13. The first-order chi connectivity index (χ1) is 16.3. The van der Waals surface area contributed by atoms with Crippen LogP contribution in [0, 0.1) is 0 Å². The molecule has 0 saturated heterocycles. The van der Waals surface area contributed by atoms with Gasteiger partial charge in [0.05, 0.1) is 36.9 Å². The highest BCUT2D eigenvalue weighted by Gasteiger charge is 2.37. The molecule has 1 atom stereocenters. The highest BCUT2D eigenvalue weighted by molar-refractivity contribution is 7.92. The molecule has 0 fully saturated rings. The van der Waals surface area contributed by atoms with Crippen LogP contribution in [0.1, 0.15) is 10.4 Å². The predicted octanol–water partition coefficient (Wildman–Crippen LogP) is 3.08. The number of sulfonamides is 1. The molecule has 0 unspecified atom stereocenters. The lowest BCUT2D eigenvalue weighted by atomic mass is 10.2. The number of anilines is 2. The van der Waals surface area contributed by atoms with Crippen LogP contribution in [0.3, 0.4) is 0 Å². The van der Waals surface area contributed by atoms with Crippen molar-refractivity contribution in [3.63, 3.8) is 0 Å². The van der Waals surface area contributed by atoms with Gasteiger partial charge in [-0.05, 0) is 54.6 Å². The van der Waals surface area contributed by atoms with Crippen LogP contribution in [0.4, 0.5) is 11.4 Å². The summed E-state index contributed by atoms with van der Waals surface area (Å²) in [5.74, 6) is -0.329. The van der Waals surface area contributed by atoms with E-state index >= 15 is 0 Å². The fraction of sp³-hybridized carbons (Fsp3) is 0.167. The number of benzene rings is 3. The zero-order valence-corrected chi connectivity index (χ0v) is 19.2. The van der Waals surface area contributed by atoms with Gasteiger partial charge in [-0.1, -0.05) is 18.2 Å². The van der Waals surface area contributed by atoms with E-state index in [2.05, 4.69) is 5.32 Å². The third-order valence-electron chi connectivity index (χ3n) is 5.23. The molecule has 1 aliphatic rings. The molecule has 3 aromatic carbocycles. The first-order valence-electron chi connectivity index (χ1n) is 10.2. The van der Waals surface area contributed by atoms with Gasteiger partial charge in [0.2, 0.25) is 0 Å². The molecule has 176 valence electrons. The molecule has 0 saturated carbocycles. The Kier molecular flexibility index (Phi) is 6.42. The average molecular weight is 483 g/mol. The molecule has 0 radical (unpaired) electrons. The Morgan fingerprint density at radius 2 is 1.74 bits per heavy atom. The van der Waals surface area contributed by atoms with Crippen molar-refractivity contribution >= 4 is 33.3 Å². The van der Waals surface area contributed by atoms with Crippen molar-refractivity contribution in [3.8, 4) is 11.5 Å². The molecule has 0 bridgehead atoms. The maximum atomic E-state index is 13.5. The zero-order valence-electron chi connectivity index (χ0n) is 18.4. The number of para-hydroxylation sites is 2. The maximum Gasteiger partial charge on any atom is 0.337 e. The molecule has 1 heterocycles. The quantitative estimate of drug-likeness (QED) is 0.538. The standard InChI is InChI=1S/C24H22N2O7S/c1-31-18-10-12-19(13-11-18)34(29,30)26-15-22(33-21-9-4-3-8-20(21)26)23(27)25-17-7-5-6-16(14-17)24(28)32-2/h3-14,22H,15H2,1-2H3,(H,25,27)/t22-/m0/s1. The number of hydrogen-bond donors (Lipinski definition) is 1. The monoisotopic (exact) mass is 482 g/mol. The van der Waals surface area contributed by atoms with E-state index in [1.54, 1.807) is 54.6 Å². The summed E-state index contributed by atoms with van der Waals surface area (Å²) in [4.78, 5) is 24.9. The van der Waals surface area contributed by atoms with Crippen LogP contribution in [0.2, 0.25) is 0 Å². The molecule has 0 spiro atoms. The number of nitrogens with one attached hydrogen (secondary N) is 1. The van der Waals surface area contributed by atoms with Crippen LogP contribution in [-0.2, 0) is 19.6 Å². The molecule has 0 aliphatic carbocycles. The van der Waals surface area contributed by atoms with Crippen molar-refractivity contribution in [2.24, 2.45) is 0 Å². The van der Waals surface area contributed by atoms with E-state index in [4.69, 9.17) is 14.2 Å². The fourth-order valence-corrected chi connectivity index (χ4v) is 4.98. The Hall–Kier alpha value is -4.05. The van der Waals surface area contributed by atoms with Crippen molar-refractivity contribution < 1.29 is 32.2 Å². The van der Waals surface area contributed by atoms with Gasteiger partial charge >= 0.3 is 5.97 Å². The summed E-state index contributed by atoms with van der Waals surface area (Å²) in [6, 6.07) is 18.8. The minimum atomic E-state index is -4.00. The smallest absolute Gasteiger partial charge is 0.337 e. The lowest BCUT2D eigenvalue weighted by Gasteiger charge is -2.34. The number of amides is 1. The first-order valence-corrected chi connectivity index (χ1v) is 11.7. The minimum absolute atomic E-state index is 0.0509. The molecule has 34 heavy (non-hydrogen) atoms. The largest absolute Gasteiger partial charge is 0.497 e. The van der Waals surface area contributed by atoms with Gasteiger partial charge in [0.15, 0.2) is 6.10 Å². The van der Waals surface area contributed by atoms with Crippen LogP contribution >= 0.6 is 0 Å². The molecule has 4 rings (SSSR count). The molecule has 10 heteroatoms. The van der Waals surface area contributed by atoms with Gasteiger partial charge < -0.3 is 19.5 Å². The molecular formula is C24H22N2O7S. The Labute approximate surface area is 196 Å². The molecular weight excluding hydrogens is 460 g/mol. The van der Waals surface area contributed by atoms with E-state index in [-0.39, 0.29) is 22.8 Å². The maximum absolute atomic E-state index is 13.5. The number of nitrogens with zero attached hydrogens (tertiary/aromatic N) is 1. The number of ether oxygens (including phenoxy) is 3. The van der Waals surface area contributed by atoms with Gasteiger partial charge in [0, 0.05) is 5.69 Å². The van der Waals surface area contributed by atoms with E-state index in [9.17, 15) is 18.0 Å². The number of carbonyl (C=O) groups excluding carboxylic acids is 2. The van der Waals surface area contributed by atoms with Crippen LogP contribution in [-0.4, -0.2) is 47.2 Å². The zero-order chi connectivity index (χ0) is 24.3. The molecule has 1 amide bonds. The second-order valence-corrected chi connectivity index (χ2v) is 9.21. The lowest BCUT2D eigenvalue weighted by Crippen LogP contribution is -2.48. The van der Waals surface area contributed by atoms with E-state index < -0.39 is 28.0 Å². The van der Waals surface area contributed by atoms with Gasteiger partial charge in [-0.15, -0.1) is 0 Å². The van der Waals surface area contributed by atoms with Crippen LogP contribution in [0.25, 0.3) is 0 Å². The van der Waals surface area contributed by atoms with Gasteiger partial charge in [0.1, 0.15) is 11.5 Å². The normalized spacial score (nSPS) is 15.0. The Morgan fingerprint density at radius 3 is 2.44 bits per heavy atom. The third-order valence-corrected chi connectivity index (χ3v) is 7.02. The van der Waals surface area contributed by atoms with Gasteiger partial charge in [0.25, 0.3) is 15.9 Å². The average Bonchev–Trinajstić information content (AvgIpc) is 2.87. The van der Waals surface area contributed by atoms with Crippen molar-refractivity contribution in [2.45, 2.75) is 11.0 Å². The van der Waals surface area contributed by atoms with E-state index in [1.165, 1.54) is 32.4 Å². The number of rotatable bonds is 6. The number of fused-ring (bicyclic) bond motifs is 1. The van der Waals surface area contributed by atoms with E-state index in [0.717, 1.165) is 4.31 Å². The summed E-state index contributed by atoms with van der Waals surface area (Å²) in [7, 11) is -1.25. The second kappa shape index (κ2) is 9.44. The summed E-state index contributed by atoms with van der Waals surface area (Å²) >= 11 is 0. The number of esters is 1. The van der Waals surface area contributed by atoms with Crippen molar-refractivity contribution in [2.75, 3.05) is 30.4 Å². The van der Waals surface area contributed by atoms with Crippen LogP contribution < -0.4 is 19.1 Å². The molecule has 1 aliphatic heterocycles. The number of methoxy groups -OCH3 is 2. The first kappa shape index (κ1) is 23.1. The van der Waals surface area contributed by atoms with Crippen molar-refractivity contribution in [3.05, 3.63) is 78.4 Å². The van der Waals surface area contributed by atoms with Gasteiger partial charge in [-0.2, -0.15) is 0 Å². The topological polar surface area (TPSA) is 111 Å². The Balaban J connectivity index is 1.62. The van der Waals surface area contributed by atoms with Crippen molar-refractivity contribution in [1.82, 2.24) is 0 Å². The van der Waals surface area contributed by atoms with E-state index in [1.807, 2.05) is 0 Å². The van der Waals surface area contributed by atoms with Crippen molar-refractivity contribution in [1.29, 1.82) is 0 Å². The van der Waals surface area contributed by atoms with Crippen LogP contribution in [0.15, 0.2) is 77.7 Å². The molecule has 9 nitrogen and oxygen atoms in total. The van der Waals surface area contributed by atoms with Crippen LogP contribution in [0.5, 0.6) is 11.5 Å². The second-order valence-electron chi connectivity index (χ2n) is 7.35. The van der Waals surface area contributed by atoms with Gasteiger partial charge in [-0.3, -0.25) is 9.10 Å². The summed E-state index contributed by atoms with van der Waals surface area (Å²) < 4.78 is 43.7. The Bertz CT molecular complexity index is 1320. The highest BCUT2D eigenvalue weighted by atomic mass is 32.2. The SMILES string of the molecule is COC(=O)c1cccc(NC(=O)[C@@H]2CN(S(=O)(=O)c3ccc(OC)cc3)c3ccccc3O2)c1. The molecule has 0 aromatic heterocycles. The lowest BCUT2D eigenvalue weighted by molar-refractivity contribution is -0.122. The third kappa shape index (κ3) is 4.53. The predicted molar refractivity (Wildman–Crippen MR) is 125 cm³/mol. The molecule has 1 N–H and O–H groups in total. The number of hydrogen-bond acceptors (Lipinski definition) is 7.